The SMILES string of the molecule is Cc1ccc(-c2noc(C(C)N3CCN(Cc4csc(-c5ccc(C)o5)n4)CC3)n2)cc1. The first-order valence-electron chi connectivity index (χ1n) is 10.9. The Morgan fingerprint density at radius 3 is 2.50 bits per heavy atom. The Morgan fingerprint density at radius 2 is 1.78 bits per heavy atom. The van der Waals surface area contributed by atoms with Crippen molar-refractivity contribution in [2.75, 3.05) is 26.2 Å². The van der Waals surface area contributed by atoms with Crippen molar-refractivity contribution >= 4 is 11.3 Å². The van der Waals surface area contributed by atoms with Gasteiger partial charge < -0.3 is 8.94 Å². The van der Waals surface area contributed by atoms with Crippen LogP contribution < -0.4 is 0 Å². The fourth-order valence-electron chi connectivity index (χ4n) is 3.96. The zero-order valence-electron chi connectivity index (χ0n) is 18.6. The molecule has 0 bridgehead atoms. The van der Waals surface area contributed by atoms with Crippen LogP contribution in [0.25, 0.3) is 22.2 Å². The van der Waals surface area contributed by atoms with Gasteiger partial charge in [-0.15, -0.1) is 11.3 Å². The minimum Gasteiger partial charge on any atom is -0.459 e. The van der Waals surface area contributed by atoms with Gasteiger partial charge in [0.05, 0.1) is 11.7 Å². The third-order valence-electron chi connectivity index (χ3n) is 5.95. The highest BCUT2D eigenvalue weighted by atomic mass is 32.1. The lowest BCUT2D eigenvalue weighted by Gasteiger charge is -2.36. The minimum absolute atomic E-state index is 0.0944. The second kappa shape index (κ2) is 8.97. The Kier molecular flexibility index (Phi) is 5.91. The van der Waals surface area contributed by atoms with E-state index in [9.17, 15) is 0 Å². The predicted molar refractivity (Wildman–Crippen MR) is 124 cm³/mol. The molecule has 1 atom stereocenters. The number of thiazole rings is 1. The Morgan fingerprint density at radius 1 is 1.00 bits per heavy atom. The molecule has 1 aliphatic rings. The molecular formula is C24H27N5O2S. The first-order valence-corrected chi connectivity index (χ1v) is 11.8. The van der Waals surface area contributed by atoms with E-state index in [0.717, 1.165) is 60.5 Å². The van der Waals surface area contributed by atoms with E-state index in [-0.39, 0.29) is 6.04 Å². The number of benzene rings is 1. The van der Waals surface area contributed by atoms with E-state index in [0.29, 0.717) is 11.7 Å². The van der Waals surface area contributed by atoms with Crippen molar-refractivity contribution in [1.82, 2.24) is 24.9 Å². The second-order valence-electron chi connectivity index (χ2n) is 8.36. The van der Waals surface area contributed by atoms with Gasteiger partial charge in [0.25, 0.3) is 0 Å². The molecule has 32 heavy (non-hydrogen) atoms. The van der Waals surface area contributed by atoms with E-state index in [1.165, 1.54) is 5.56 Å². The Labute approximate surface area is 191 Å². The number of aromatic nitrogens is 3. The summed E-state index contributed by atoms with van der Waals surface area (Å²) in [5, 5.41) is 7.27. The summed E-state index contributed by atoms with van der Waals surface area (Å²) in [7, 11) is 0. The Bertz CT molecular complexity index is 1170. The van der Waals surface area contributed by atoms with E-state index in [2.05, 4.69) is 51.3 Å². The molecule has 166 valence electrons. The first kappa shape index (κ1) is 21.1. The fraction of sp³-hybridized carbons (Fsp3) is 0.375. The van der Waals surface area contributed by atoms with Gasteiger partial charge >= 0.3 is 0 Å². The summed E-state index contributed by atoms with van der Waals surface area (Å²) >= 11 is 1.64. The monoisotopic (exact) mass is 449 g/mol. The predicted octanol–water partition coefficient (Wildman–Crippen LogP) is 4.95. The summed E-state index contributed by atoms with van der Waals surface area (Å²) in [6.07, 6.45) is 0. The van der Waals surface area contributed by atoms with Crippen molar-refractivity contribution in [3.8, 4) is 22.2 Å². The van der Waals surface area contributed by atoms with Crippen molar-refractivity contribution in [3.05, 3.63) is 64.7 Å². The molecule has 0 aliphatic carbocycles. The quantitative estimate of drug-likeness (QED) is 0.412. The maximum Gasteiger partial charge on any atom is 0.244 e. The molecule has 0 spiro atoms. The van der Waals surface area contributed by atoms with Crippen molar-refractivity contribution in [3.63, 3.8) is 0 Å². The molecule has 5 rings (SSSR count). The molecule has 1 aliphatic heterocycles. The van der Waals surface area contributed by atoms with Crippen LogP contribution in [0.1, 0.15) is 35.9 Å². The lowest BCUT2D eigenvalue weighted by atomic mass is 10.1. The van der Waals surface area contributed by atoms with Crippen LogP contribution in [0, 0.1) is 13.8 Å². The maximum atomic E-state index is 5.70. The van der Waals surface area contributed by atoms with E-state index in [1.807, 2.05) is 31.2 Å². The van der Waals surface area contributed by atoms with Gasteiger partial charge in [0.1, 0.15) is 5.76 Å². The van der Waals surface area contributed by atoms with Gasteiger partial charge in [0.2, 0.25) is 11.7 Å². The first-order chi connectivity index (χ1) is 15.5. The average Bonchev–Trinajstić information content (AvgIpc) is 3.55. The maximum absolute atomic E-state index is 5.70. The molecule has 8 heteroatoms. The zero-order valence-corrected chi connectivity index (χ0v) is 19.4. The molecule has 3 aromatic heterocycles. The van der Waals surface area contributed by atoms with Gasteiger partial charge in [0.15, 0.2) is 10.8 Å². The van der Waals surface area contributed by atoms with Gasteiger partial charge in [-0.3, -0.25) is 9.80 Å². The summed E-state index contributed by atoms with van der Waals surface area (Å²) in [5.74, 6) is 3.08. The van der Waals surface area contributed by atoms with Crippen LogP contribution in [0.2, 0.25) is 0 Å². The van der Waals surface area contributed by atoms with Gasteiger partial charge in [-0.2, -0.15) is 4.98 Å². The smallest absolute Gasteiger partial charge is 0.244 e. The van der Waals surface area contributed by atoms with Crippen LogP contribution in [-0.4, -0.2) is 51.1 Å². The molecule has 0 radical (unpaired) electrons. The number of hydrogen-bond acceptors (Lipinski definition) is 8. The van der Waals surface area contributed by atoms with Crippen molar-refractivity contribution in [2.24, 2.45) is 0 Å². The lowest BCUT2D eigenvalue weighted by Crippen LogP contribution is -2.46. The van der Waals surface area contributed by atoms with E-state index in [1.54, 1.807) is 11.3 Å². The molecule has 1 fully saturated rings. The summed E-state index contributed by atoms with van der Waals surface area (Å²) in [4.78, 5) is 14.3. The molecule has 0 N–H and O–H groups in total. The van der Waals surface area contributed by atoms with Gasteiger partial charge in [0, 0.05) is 43.7 Å². The van der Waals surface area contributed by atoms with Crippen LogP contribution in [0.15, 0.2) is 50.7 Å². The number of hydrogen-bond donors (Lipinski definition) is 0. The molecule has 1 unspecified atom stereocenters. The topological polar surface area (TPSA) is 71.4 Å². The van der Waals surface area contributed by atoms with Gasteiger partial charge in [-0.05, 0) is 32.9 Å². The highest BCUT2D eigenvalue weighted by Gasteiger charge is 2.26. The summed E-state index contributed by atoms with van der Waals surface area (Å²) in [5.41, 5.74) is 3.30. The molecule has 1 saturated heterocycles. The van der Waals surface area contributed by atoms with Crippen LogP contribution in [0.4, 0.5) is 0 Å². The number of aryl methyl sites for hydroxylation is 2. The van der Waals surface area contributed by atoms with E-state index in [4.69, 9.17) is 13.9 Å². The summed E-state index contributed by atoms with van der Waals surface area (Å²) in [6.45, 7) is 10.9. The van der Waals surface area contributed by atoms with E-state index < -0.39 is 0 Å². The highest BCUT2D eigenvalue weighted by molar-refractivity contribution is 7.13. The molecular weight excluding hydrogens is 422 g/mol. The van der Waals surface area contributed by atoms with Gasteiger partial charge in [-0.1, -0.05) is 35.0 Å². The number of rotatable bonds is 6. The van der Waals surface area contributed by atoms with Crippen LogP contribution in [0.3, 0.4) is 0 Å². The summed E-state index contributed by atoms with van der Waals surface area (Å²) < 4.78 is 11.3. The number of furan rings is 1. The normalized spacial score (nSPS) is 16.5. The fourth-order valence-corrected chi connectivity index (χ4v) is 4.73. The van der Waals surface area contributed by atoms with Crippen LogP contribution in [-0.2, 0) is 6.54 Å². The molecule has 7 nitrogen and oxygen atoms in total. The van der Waals surface area contributed by atoms with Crippen molar-refractivity contribution in [1.29, 1.82) is 0 Å². The third-order valence-corrected chi connectivity index (χ3v) is 6.86. The van der Waals surface area contributed by atoms with Crippen LogP contribution in [0.5, 0.6) is 0 Å². The minimum atomic E-state index is 0.0944. The average molecular weight is 450 g/mol. The van der Waals surface area contributed by atoms with Crippen molar-refractivity contribution in [2.45, 2.75) is 33.4 Å². The standard InChI is InChI=1S/C24H27N5O2S/c1-16-4-7-19(8-5-16)22-26-23(31-27-22)18(3)29-12-10-28(11-13-29)14-20-15-32-24(25-20)21-9-6-17(2)30-21/h4-9,15,18H,10-14H2,1-3H3. The molecule has 4 heterocycles. The van der Waals surface area contributed by atoms with Gasteiger partial charge in [-0.25, -0.2) is 4.98 Å². The Balaban J connectivity index is 1.16. The molecule has 1 aromatic carbocycles. The van der Waals surface area contributed by atoms with Crippen LogP contribution >= 0.6 is 11.3 Å². The second-order valence-corrected chi connectivity index (χ2v) is 9.22. The Hall–Kier alpha value is -2.81. The zero-order chi connectivity index (χ0) is 22.1. The molecule has 0 amide bonds. The largest absolute Gasteiger partial charge is 0.459 e. The molecule has 4 aromatic rings. The van der Waals surface area contributed by atoms with Crippen molar-refractivity contribution < 1.29 is 8.94 Å². The summed E-state index contributed by atoms with van der Waals surface area (Å²) in [6, 6.07) is 12.2. The molecule has 0 saturated carbocycles. The van der Waals surface area contributed by atoms with E-state index >= 15 is 0 Å². The lowest BCUT2D eigenvalue weighted by molar-refractivity contribution is 0.0840. The number of piperazine rings is 1. The third kappa shape index (κ3) is 4.53. The number of nitrogens with zero attached hydrogens (tertiary/aromatic N) is 5. The highest BCUT2D eigenvalue weighted by Crippen LogP contribution is 2.27.